The van der Waals surface area contributed by atoms with Crippen LogP contribution in [0.1, 0.15) is 37.6 Å². The molecule has 0 atom stereocenters. The van der Waals surface area contributed by atoms with Gasteiger partial charge in [0.15, 0.2) is 5.78 Å². The van der Waals surface area contributed by atoms with Crippen molar-refractivity contribution < 1.29 is 4.79 Å². The lowest BCUT2D eigenvalue weighted by molar-refractivity contribution is 0.0990. The first-order valence-corrected chi connectivity index (χ1v) is 6.97. The van der Waals surface area contributed by atoms with E-state index in [-0.39, 0.29) is 11.2 Å². The monoisotopic (exact) mass is 285 g/mol. The number of aromatic nitrogens is 2. The van der Waals surface area contributed by atoms with E-state index in [9.17, 15) is 4.79 Å². The zero-order valence-electron chi connectivity index (χ0n) is 12.6. The molecule has 0 radical (unpaired) electrons. The number of azide groups is 1. The van der Waals surface area contributed by atoms with Gasteiger partial charge < -0.3 is 0 Å². The van der Waals surface area contributed by atoms with Gasteiger partial charge in [-0.25, -0.2) is 0 Å². The maximum absolute atomic E-state index is 12.0. The lowest BCUT2D eigenvalue weighted by Crippen LogP contribution is -2.23. The summed E-state index contributed by atoms with van der Waals surface area (Å²) in [6.07, 6.45) is 2.22. The van der Waals surface area contributed by atoms with Crippen LogP contribution in [0.4, 0.5) is 0 Å². The van der Waals surface area contributed by atoms with E-state index in [2.05, 4.69) is 15.1 Å². The normalized spacial score (nSPS) is 11.4. The number of carbonyl (C=O) groups is 1. The summed E-state index contributed by atoms with van der Waals surface area (Å²) in [5, 5.41) is 8.92. The Morgan fingerprint density at radius 1 is 1.48 bits per heavy atom. The fourth-order valence-electron chi connectivity index (χ4n) is 2.34. The molecule has 0 bridgehead atoms. The molecule has 0 unspecified atom stereocenters. The van der Waals surface area contributed by atoms with E-state index in [1.807, 2.05) is 43.7 Å². The van der Waals surface area contributed by atoms with Gasteiger partial charge in [-0.2, -0.15) is 5.10 Å². The molecule has 6 heteroatoms. The molecule has 1 aromatic carbocycles. The fourth-order valence-corrected chi connectivity index (χ4v) is 2.34. The lowest BCUT2D eigenvalue weighted by Gasteiger charge is -2.22. The van der Waals surface area contributed by atoms with Gasteiger partial charge in [0, 0.05) is 35.4 Å². The fraction of sp³-hybridized carbons (Fsp3) is 0.467. The molecule has 110 valence electrons. The van der Waals surface area contributed by atoms with E-state index in [0.717, 1.165) is 10.9 Å². The molecule has 0 saturated heterocycles. The molecule has 0 fully saturated rings. The Labute approximate surface area is 123 Å². The highest BCUT2D eigenvalue weighted by Gasteiger charge is 2.20. The zero-order chi connectivity index (χ0) is 15.5. The van der Waals surface area contributed by atoms with Crippen LogP contribution in [0.5, 0.6) is 0 Å². The number of hydrogen-bond donors (Lipinski definition) is 0. The summed E-state index contributed by atoms with van der Waals surface area (Å²) in [4.78, 5) is 14.8. The third-order valence-electron chi connectivity index (χ3n) is 3.45. The number of benzene rings is 1. The molecule has 0 saturated carbocycles. The minimum absolute atomic E-state index is 0.119. The van der Waals surface area contributed by atoms with Crippen molar-refractivity contribution in [1.82, 2.24) is 9.78 Å². The Bertz CT molecular complexity index is 710. The first-order chi connectivity index (χ1) is 9.98. The highest BCUT2D eigenvalue weighted by molar-refractivity contribution is 6.07. The number of hydrogen-bond acceptors (Lipinski definition) is 3. The van der Waals surface area contributed by atoms with Gasteiger partial charge in [-0.3, -0.25) is 9.48 Å². The molecule has 0 N–H and O–H groups in total. The highest BCUT2D eigenvalue weighted by atomic mass is 16.1. The standard InChI is InChI=1S/C15H19N5O/c1-4-14(21)11-6-5-7-13-12(11)8-18-20(13)10-15(2,3)9-17-19-16/h5-8H,4,9-10H2,1-3H3. The molecule has 0 aliphatic rings. The van der Waals surface area contributed by atoms with Gasteiger partial charge in [0.2, 0.25) is 0 Å². The SMILES string of the molecule is CCC(=O)c1cccc2c1cnn2CC(C)(C)CN=[N+]=[N-]. The van der Waals surface area contributed by atoms with Crippen LogP contribution in [0.2, 0.25) is 0 Å². The summed E-state index contributed by atoms with van der Waals surface area (Å²) in [6.45, 7) is 6.93. The largest absolute Gasteiger partial charge is 0.294 e. The van der Waals surface area contributed by atoms with Crippen molar-refractivity contribution in [2.45, 2.75) is 33.7 Å². The van der Waals surface area contributed by atoms with Crippen LogP contribution in [0.25, 0.3) is 21.3 Å². The Morgan fingerprint density at radius 3 is 2.90 bits per heavy atom. The Balaban J connectivity index is 2.39. The molecule has 0 aliphatic heterocycles. The van der Waals surface area contributed by atoms with Crippen molar-refractivity contribution in [2.75, 3.05) is 6.54 Å². The van der Waals surface area contributed by atoms with E-state index in [1.165, 1.54) is 0 Å². The predicted octanol–water partition coefficient (Wildman–Crippen LogP) is 3.97. The Hall–Kier alpha value is -2.33. The molecular weight excluding hydrogens is 266 g/mol. The van der Waals surface area contributed by atoms with E-state index in [1.54, 1.807) is 6.20 Å². The van der Waals surface area contributed by atoms with Gasteiger partial charge in [0.05, 0.1) is 11.7 Å². The summed E-state index contributed by atoms with van der Waals surface area (Å²) in [5.74, 6) is 0.119. The summed E-state index contributed by atoms with van der Waals surface area (Å²) in [6, 6.07) is 5.67. The third-order valence-corrected chi connectivity index (χ3v) is 3.45. The highest BCUT2D eigenvalue weighted by Crippen LogP contribution is 2.24. The average molecular weight is 285 g/mol. The van der Waals surface area contributed by atoms with Crippen LogP contribution in [-0.4, -0.2) is 22.1 Å². The van der Waals surface area contributed by atoms with Crippen molar-refractivity contribution in [1.29, 1.82) is 0 Å². The molecule has 2 aromatic rings. The average Bonchev–Trinajstić information content (AvgIpc) is 2.87. The van der Waals surface area contributed by atoms with Crippen LogP contribution < -0.4 is 0 Å². The van der Waals surface area contributed by atoms with Gasteiger partial charge in [-0.15, -0.1) is 0 Å². The van der Waals surface area contributed by atoms with Gasteiger partial charge in [-0.05, 0) is 17.0 Å². The van der Waals surface area contributed by atoms with Crippen molar-refractivity contribution in [2.24, 2.45) is 10.5 Å². The second-order valence-corrected chi connectivity index (χ2v) is 5.87. The first-order valence-electron chi connectivity index (χ1n) is 6.97. The molecule has 0 spiro atoms. The van der Waals surface area contributed by atoms with Crippen molar-refractivity contribution in [3.05, 3.63) is 40.4 Å². The van der Waals surface area contributed by atoms with Gasteiger partial charge in [0.25, 0.3) is 0 Å². The van der Waals surface area contributed by atoms with E-state index < -0.39 is 0 Å². The Morgan fingerprint density at radius 2 is 2.24 bits per heavy atom. The number of rotatable bonds is 6. The van der Waals surface area contributed by atoms with Gasteiger partial charge in [-0.1, -0.05) is 38.0 Å². The number of fused-ring (bicyclic) bond motifs is 1. The lowest BCUT2D eigenvalue weighted by atomic mass is 9.94. The van der Waals surface area contributed by atoms with Crippen LogP contribution in [0.3, 0.4) is 0 Å². The third kappa shape index (κ3) is 3.23. The molecule has 6 nitrogen and oxygen atoms in total. The number of Topliss-reactive ketones (excluding diaryl/α,β-unsaturated/α-hetero) is 1. The van der Waals surface area contributed by atoms with Crippen LogP contribution >= 0.6 is 0 Å². The van der Waals surface area contributed by atoms with Gasteiger partial charge in [0.1, 0.15) is 0 Å². The number of ketones is 1. The van der Waals surface area contributed by atoms with Crippen molar-refractivity contribution in [3.63, 3.8) is 0 Å². The van der Waals surface area contributed by atoms with E-state index in [4.69, 9.17) is 5.53 Å². The van der Waals surface area contributed by atoms with E-state index >= 15 is 0 Å². The summed E-state index contributed by atoms with van der Waals surface area (Å²) >= 11 is 0. The smallest absolute Gasteiger partial charge is 0.163 e. The number of carbonyl (C=O) groups excluding carboxylic acids is 1. The van der Waals surface area contributed by atoms with Gasteiger partial charge >= 0.3 is 0 Å². The van der Waals surface area contributed by atoms with Crippen molar-refractivity contribution in [3.8, 4) is 0 Å². The van der Waals surface area contributed by atoms with E-state index in [0.29, 0.717) is 25.1 Å². The second-order valence-electron chi connectivity index (χ2n) is 5.87. The maximum atomic E-state index is 12.0. The molecule has 0 amide bonds. The molecule has 1 aromatic heterocycles. The second kappa shape index (κ2) is 5.97. The molecule has 2 rings (SSSR count). The van der Waals surface area contributed by atoms with Crippen LogP contribution in [0.15, 0.2) is 29.5 Å². The Kier molecular flexibility index (Phi) is 4.29. The van der Waals surface area contributed by atoms with Crippen LogP contribution in [-0.2, 0) is 6.54 Å². The summed E-state index contributed by atoms with van der Waals surface area (Å²) < 4.78 is 1.87. The predicted molar refractivity (Wildman–Crippen MR) is 82.1 cm³/mol. The summed E-state index contributed by atoms with van der Waals surface area (Å²) in [5.41, 5.74) is 9.90. The quantitative estimate of drug-likeness (QED) is 0.348. The molecular formula is C15H19N5O. The number of nitrogens with zero attached hydrogens (tertiary/aromatic N) is 5. The summed E-state index contributed by atoms with van der Waals surface area (Å²) in [7, 11) is 0. The molecule has 1 heterocycles. The molecule has 21 heavy (non-hydrogen) atoms. The zero-order valence-corrected chi connectivity index (χ0v) is 12.6. The minimum atomic E-state index is -0.198. The van der Waals surface area contributed by atoms with Crippen molar-refractivity contribution >= 4 is 16.7 Å². The maximum Gasteiger partial charge on any atom is 0.163 e. The molecule has 0 aliphatic carbocycles. The first kappa shape index (κ1) is 15.1. The topological polar surface area (TPSA) is 83.7 Å². The van der Waals surface area contributed by atoms with Crippen LogP contribution in [0, 0.1) is 5.41 Å². The minimum Gasteiger partial charge on any atom is -0.294 e.